The van der Waals surface area contributed by atoms with Crippen LogP contribution in [0.25, 0.3) is 0 Å². The van der Waals surface area contributed by atoms with E-state index < -0.39 is 17.3 Å². The Labute approximate surface area is 102 Å². The highest BCUT2D eigenvalue weighted by molar-refractivity contribution is 5.85. The van der Waals surface area contributed by atoms with Gasteiger partial charge in [0.05, 0.1) is 24.7 Å². The van der Waals surface area contributed by atoms with Gasteiger partial charge in [-0.15, -0.1) is 0 Å². The number of Topliss-reactive ketones (excluding diaryl/α,β-unsaturated/α-hetero) is 1. The molecule has 2 atom stereocenters. The van der Waals surface area contributed by atoms with E-state index >= 15 is 0 Å². The van der Waals surface area contributed by atoms with E-state index in [-0.39, 0.29) is 5.78 Å². The molecule has 1 aliphatic heterocycles. The van der Waals surface area contributed by atoms with Crippen LogP contribution in [0.4, 0.5) is 0 Å². The zero-order chi connectivity index (χ0) is 12.5. The van der Waals surface area contributed by atoms with Crippen LogP contribution in [0.3, 0.4) is 0 Å². The van der Waals surface area contributed by atoms with Crippen molar-refractivity contribution in [1.82, 2.24) is 0 Å². The van der Waals surface area contributed by atoms with Crippen molar-refractivity contribution in [2.24, 2.45) is 5.41 Å². The molecule has 1 heterocycles. The normalized spacial score (nSPS) is 34.9. The molecule has 17 heavy (non-hydrogen) atoms. The predicted octanol–water partition coefficient (Wildman–Crippen LogP) is 1.65. The first-order valence-electron chi connectivity index (χ1n) is 6.52. The molecule has 0 aromatic carbocycles. The van der Waals surface area contributed by atoms with Gasteiger partial charge in [-0.25, -0.2) is 0 Å². The van der Waals surface area contributed by atoms with Crippen LogP contribution >= 0.6 is 0 Å². The minimum atomic E-state index is -0.631. The van der Waals surface area contributed by atoms with Crippen LogP contribution in [0.2, 0.25) is 0 Å². The fourth-order valence-electron chi connectivity index (χ4n) is 2.89. The summed E-state index contributed by atoms with van der Waals surface area (Å²) >= 11 is 0. The fraction of sp³-hybridized carbons (Fsp3) is 0.923. The summed E-state index contributed by atoms with van der Waals surface area (Å²) in [6, 6.07) is 0. The maximum Gasteiger partial charge on any atom is 0.168 e. The Bertz CT molecular complexity index is 296. The highest BCUT2D eigenvalue weighted by atomic mass is 16.7. The second kappa shape index (κ2) is 4.67. The molecule has 2 unspecified atom stereocenters. The number of ether oxygens (including phenoxy) is 2. The molecule has 0 bridgehead atoms. The van der Waals surface area contributed by atoms with Crippen LogP contribution in [0.1, 0.15) is 46.0 Å². The molecule has 0 aromatic heterocycles. The van der Waals surface area contributed by atoms with Crippen molar-refractivity contribution in [2.75, 3.05) is 13.2 Å². The molecule has 1 saturated heterocycles. The Kier molecular flexibility index (Phi) is 3.57. The van der Waals surface area contributed by atoms with E-state index in [9.17, 15) is 9.90 Å². The number of hydrogen-bond acceptors (Lipinski definition) is 4. The Hall–Kier alpha value is -0.450. The highest BCUT2D eigenvalue weighted by Gasteiger charge is 2.47. The topological polar surface area (TPSA) is 55.8 Å². The first kappa shape index (κ1) is 13.0. The summed E-state index contributed by atoms with van der Waals surface area (Å²) in [7, 11) is 0. The summed E-state index contributed by atoms with van der Waals surface area (Å²) in [5, 5.41) is 10.1. The molecule has 98 valence electrons. The van der Waals surface area contributed by atoms with Crippen LogP contribution in [0.15, 0.2) is 0 Å². The minimum absolute atomic E-state index is 0.142. The number of carbonyl (C=O) groups excluding carboxylic acids is 1. The molecule has 4 heteroatoms. The van der Waals surface area contributed by atoms with Crippen molar-refractivity contribution in [2.45, 2.75) is 57.8 Å². The average Bonchev–Trinajstić information content (AvgIpc) is 2.76. The van der Waals surface area contributed by atoms with Crippen LogP contribution in [0.5, 0.6) is 0 Å². The lowest BCUT2D eigenvalue weighted by atomic mass is 9.75. The highest BCUT2D eigenvalue weighted by Crippen LogP contribution is 2.42. The minimum Gasteiger partial charge on any atom is -0.392 e. The Morgan fingerprint density at radius 2 is 1.94 bits per heavy atom. The third kappa shape index (κ3) is 2.26. The van der Waals surface area contributed by atoms with Gasteiger partial charge in [-0.2, -0.15) is 0 Å². The molecule has 0 amide bonds. The standard InChI is InChI=1S/C13H22O4/c1-3-10(14)12(2)6-7-13(5-4-11(12)15)16-8-9-17-13/h10,14H,3-9H2,1-2H3. The van der Waals surface area contributed by atoms with Gasteiger partial charge in [0.1, 0.15) is 5.78 Å². The number of hydrogen-bond donors (Lipinski definition) is 1. The lowest BCUT2D eigenvalue weighted by molar-refractivity contribution is -0.167. The van der Waals surface area contributed by atoms with Gasteiger partial charge in [0.15, 0.2) is 5.79 Å². The van der Waals surface area contributed by atoms with Gasteiger partial charge in [0.2, 0.25) is 0 Å². The van der Waals surface area contributed by atoms with E-state index in [1.54, 1.807) is 0 Å². The maximum absolute atomic E-state index is 12.2. The molecule has 0 aromatic rings. The summed E-state index contributed by atoms with van der Waals surface area (Å²) < 4.78 is 11.3. The number of aliphatic hydroxyl groups is 1. The van der Waals surface area contributed by atoms with Gasteiger partial charge in [-0.05, 0) is 12.8 Å². The predicted molar refractivity (Wildman–Crippen MR) is 62.5 cm³/mol. The number of ketones is 1. The molecule has 2 aliphatic rings. The maximum atomic E-state index is 12.2. The van der Waals surface area contributed by atoms with E-state index in [4.69, 9.17) is 9.47 Å². The third-order valence-corrected chi connectivity index (χ3v) is 4.33. The molecule has 1 spiro atoms. The molecule has 2 rings (SSSR count). The lowest BCUT2D eigenvalue weighted by Crippen LogP contribution is -2.39. The summed E-state index contributed by atoms with van der Waals surface area (Å²) in [6.07, 6.45) is 2.45. The van der Waals surface area contributed by atoms with E-state index in [2.05, 4.69) is 0 Å². The van der Waals surface area contributed by atoms with Crippen LogP contribution in [-0.4, -0.2) is 36.0 Å². The molecule has 1 aliphatic carbocycles. The first-order valence-corrected chi connectivity index (χ1v) is 6.52. The molecule has 1 saturated carbocycles. The number of carbonyl (C=O) groups is 1. The summed E-state index contributed by atoms with van der Waals surface area (Å²) in [5.41, 5.74) is -0.631. The summed E-state index contributed by atoms with van der Waals surface area (Å²) in [6.45, 7) is 5.01. The zero-order valence-corrected chi connectivity index (χ0v) is 10.7. The van der Waals surface area contributed by atoms with Gasteiger partial charge in [-0.3, -0.25) is 4.79 Å². The van der Waals surface area contributed by atoms with E-state index in [1.807, 2.05) is 13.8 Å². The van der Waals surface area contributed by atoms with Gasteiger partial charge < -0.3 is 14.6 Å². The first-order chi connectivity index (χ1) is 8.02. The van der Waals surface area contributed by atoms with E-state index in [1.165, 1.54) is 0 Å². The van der Waals surface area contributed by atoms with Crippen molar-refractivity contribution in [3.05, 3.63) is 0 Å². The van der Waals surface area contributed by atoms with Crippen LogP contribution in [0, 0.1) is 5.41 Å². The SMILES string of the molecule is CCC(O)C1(C)CCC2(CCC1=O)OCCO2. The number of aliphatic hydroxyl groups excluding tert-OH is 1. The summed E-state index contributed by atoms with van der Waals surface area (Å²) in [4.78, 5) is 12.2. The smallest absolute Gasteiger partial charge is 0.168 e. The molecule has 1 N–H and O–H groups in total. The third-order valence-electron chi connectivity index (χ3n) is 4.33. The molecule has 4 nitrogen and oxygen atoms in total. The van der Waals surface area contributed by atoms with Crippen LogP contribution in [-0.2, 0) is 14.3 Å². The monoisotopic (exact) mass is 242 g/mol. The van der Waals surface area contributed by atoms with Crippen molar-refractivity contribution >= 4 is 5.78 Å². The van der Waals surface area contributed by atoms with Gasteiger partial charge in [0.25, 0.3) is 0 Å². The number of rotatable bonds is 2. The van der Waals surface area contributed by atoms with Crippen molar-refractivity contribution < 1.29 is 19.4 Å². The Morgan fingerprint density at radius 1 is 1.29 bits per heavy atom. The second-order valence-electron chi connectivity index (χ2n) is 5.37. The van der Waals surface area contributed by atoms with E-state index in [0.717, 1.165) is 0 Å². The van der Waals surface area contributed by atoms with Gasteiger partial charge in [-0.1, -0.05) is 13.8 Å². The lowest BCUT2D eigenvalue weighted by Gasteiger charge is -2.32. The molecular formula is C13H22O4. The molecule has 0 radical (unpaired) electrons. The van der Waals surface area contributed by atoms with Gasteiger partial charge in [0, 0.05) is 19.3 Å². The van der Waals surface area contributed by atoms with Crippen molar-refractivity contribution in [3.8, 4) is 0 Å². The fourth-order valence-corrected chi connectivity index (χ4v) is 2.89. The molecular weight excluding hydrogens is 220 g/mol. The summed E-state index contributed by atoms with van der Waals surface area (Å²) in [5.74, 6) is -0.413. The largest absolute Gasteiger partial charge is 0.392 e. The van der Waals surface area contributed by atoms with E-state index in [0.29, 0.717) is 45.3 Å². The van der Waals surface area contributed by atoms with Crippen molar-refractivity contribution in [1.29, 1.82) is 0 Å². The second-order valence-corrected chi connectivity index (χ2v) is 5.37. The van der Waals surface area contributed by atoms with Crippen molar-refractivity contribution in [3.63, 3.8) is 0 Å². The Morgan fingerprint density at radius 3 is 2.53 bits per heavy atom. The molecule has 2 fully saturated rings. The quantitative estimate of drug-likeness (QED) is 0.800. The van der Waals surface area contributed by atoms with Gasteiger partial charge >= 0.3 is 0 Å². The Balaban J connectivity index is 2.14. The zero-order valence-electron chi connectivity index (χ0n) is 10.7. The van der Waals surface area contributed by atoms with Crippen LogP contribution < -0.4 is 0 Å². The average molecular weight is 242 g/mol.